The monoisotopic (exact) mass is 293 g/mol. The van der Waals surface area contributed by atoms with Crippen LogP contribution in [-0.4, -0.2) is 29.2 Å². The number of aromatic nitrogens is 1. The SMILES string of the molecule is COCC(C)(C)Nc1cc(C(F)(F)F)ncc1[N+](=O)[O-]. The summed E-state index contributed by atoms with van der Waals surface area (Å²) in [5.41, 5.74) is -2.75. The van der Waals surface area contributed by atoms with Gasteiger partial charge in [-0.15, -0.1) is 0 Å². The summed E-state index contributed by atoms with van der Waals surface area (Å²) in [6, 6.07) is 0.621. The third-order valence-corrected chi connectivity index (χ3v) is 2.35. The molecule has 112 valence electrons. The zero-order valence-electron chi connectivity index (χ0n) is 11.1. The molecule has 0 fully saturated rings. The predicted octanol–water partition coefficient (Wildman–Crippen LogP) is 2.85. The number of hydrogen-bond acceptors (Lipinski definition) is 5. The molecule has 0 spiro atoms. The second kappa shape index (κ2) is 5.61. The van der Waals surface area contributed by atoms with E-state index in [1.54, 1.807) is 13.8 Å². The Morgan fingerprint density at radius 1 is 1.45 bits per heavy atom. The number of nitrogens with zero attached hydrogens (tertiary/aromatic N) is 2. The lowest BCUT2D eigenvalue weighted by Gasteiger charge is -2.26. The lowest BCUT2D eigenvalue weighted by molar-refractivity contribution is -0.384. The minimum atomic E-state index is -4.67. The van der Waals surface area contributed by atoms with E-state index in [1.807, 2.05) is 0 Å². The lowest BCUT2D eigenvalue weighted by atomic mass is 10.1. The molecule has 1 aromatic heterocycles. The number of ether oxygens (including phenoxy) is 1. The summed E-state index contributed by atoms with van der Waals surface area (Å²) in [7, 11) is 1.42. The number of nitro groups is 1. The quantitative estimate of drug-likeness (QED) is 0.667. The summed E-state index contributed by atoms with van der Waals surface area (Å²) in [6.45, 7) is 3.45. The molecular weight excluding hydrogens is 279 g/mol. The number of halogens is 3. The molecule has 0 atom stereocenters. The van der Waals surface area contributed by atoms with Crippen molar-refractivity contribution in [2.75, 3.05) is 19.0 Å². The van der Waals surface area contributed by atoms with Crippen molar-refractivity contribution in [3.05, 3.63) is 28.1 Å². The molecule has 0 aliphatic rings. The van der Waals surface area contributed by atoms with Crippen LogP contribution in [0.5, 0.6) is 0 Å². The van der Waals surface area contributed by atoms with Crippen LogP contribution < -0.4 is 5.32 Å². The molecule has 0 unspecified atom stereocenters. The third kappa shape index (κ3) is 4.05. The topological polar surface area (TPSA) is 77.3 Å². The first kappa shape index (κ1) is 16.2. The van der Waals surface area contributed by atoms with Crippen LogP contribution >= 0.6 is 0 Å². The summed E-state index contributed by atoms with van der Waals surface area (Å²) < 4.78 is 42.7. The Hall–Kier alpha value is -1.90. The molecule has 0 aromatic carbocycles. The highest BCUT2D eigenvalue weighted by Crippen LogP contribution is 2.34. The maximum absolute atomic E-state index is 12.6. The molecule has 9 heteroatoms. The third-order valence-electron chi connectivity index (χ3n) is 2.35. The lowest BCUT2D eigenvalue weighted by Crippen LogP contribution is -2.36. The van der Waals surface area contributed by atoms with E-state index in [9.17, 15) is 23.3 Å². The van der Waals surface area contributed by atoms with Crippen molar-refractivity contribution in [1.29, 1.82) is 0 Å². The number of rotatable bonds is 5. The van der Waals surface area contributed by atoms with E-state index in [-0.39, 0.29) is 12.3 Å². The summed E-state index contributed by atoms with van der Waals surface area (Å²) in [4.78, 5) is 13.1. The molecule has 0 bridgehead atoms. The van der Waals surface area contributed by atoms with Crippen LogP contribution in [0.25, 0.3) is 0 Å². The van der Waals surface area contributed by atoms with Gasteiger partial charge < -0.3 is 10.1 Å². The Morgan fingerprint density at radius 2 is 2.05 bits per heavy atom. The average Bonchev–Trinajstić information content (AvgIpc) is 2.26. The number of alkyl halides is 3. The molecule has 1 aromatic rings. The standard InChI is InChI=1S/C11H14F3N3O3/c1-10(2,6-20-3)16-7-4-9(11(12,13)14)15-5-8(7)17(18)19/h4-5H,6H2,1-3H3,(H,15,16). The van der Waals surface area contributed by atoms with Crippen LogP contribution in [-0.2, 0) is 10.9 Å². The number of pyridine rings is 1. The van der Waals surface area contributed by atoms with Crippen LogP contribution in [0.1, 0.15) is 19.5 Å². The molecule has 0 aliphatic carbocycles. The average molecular weight is 293 g/mol. The van der Waals surface area contributed by atoms with Crippen molar-refractivity contribution in [1.82, 2.24) is 4.98 Å². The highest BCUT2D eigenvalue weighted by atomic mass is 19.4. The zero-order chi connectivity index (χ0) is 15.6. The van der Waals surface area contributed by atoms with Crippen LogP contribution in [0.3, 0.4) is 0 Å². The Bertz CT molecular complexity index is 503. The van der Waals surface area contributed by atoms with Gasteiger partial charge in [-0.2, -0.15) is 13.2 Å². The number of nitrogens with one attached hydrogen (secondary N) is 1. The molecule has 1 rings (SSSR count). The van der Waals surface area contributed by atoms with E-state index >= 15 is 0 Å². The molecule has 20 heavy (non-hydrogen) atoms. The number of methoxy groups -OCH3 is 1. The minimum Gasteiger partial charge on any atom is -0.382 e. The van der Waals surface area contributed by atoms with Crippen molar-refractivity contribution < 1.29 is 22.8 Å². The molecule has 0 aliphatic heterocycles. The highest BCUT2D eigenvalue weighted by molar-refractivity contribution is 5.62. The van der Waals surface area contributed by atoms with E-state index in [4.69, 9.17) is 4.74 Å². The molecular formula is C11H14F3N3O3. The van der Waals surface area contributed by atoms with Crippen LogP contribution in [0.2, 0.25) is 0 Å². The molecule has 0 saturated carbocycles. The second-order valence-electron chi connectivity index (χ2n) is 4.78. The van der Waals surface area contributed by atoms with Gasteiger partial charge in [0.1, 0.15) is 17.6 Å². The maximum Gasteiger partial charge on any atom is 0.433 e. The van der Waals surface area contributed by atoms with Gasteiger partial charge >= 0.3 is 11.9 Å². The van der Waals surface area contributed by atoms with Gasteiger partial charge in [0.25, 0.3) is 0 Å². The van der Waals surface area contributed by atoms with Gasteiger partial charge in [0.15, 0.2) is 0 Å². The summed E-state index contributed by atoms with van der Waals surface area (Å²) in [5.74, 6) is 0. The van der Waals surface area contributed by atoms with E-state index in [0.29, 0.717) is 12.3 Å². The molecule has 1 N–H and O–H groups in total. The van der Waals surface area contributed by atoms with Gasteiger partial charge in [0.2, 0.25) is 0 Å². The van der Waals surface area contributed by atoms with Crippen molar-refractivity contribution in [2.24, 2.45) is 0 Å². The summed E-state index contributed by atoms with van der Waals surface area (Å²) >= 11 is 0. The molecule has 1 heterocycles. The van der Waals surface area contributed by atoms with Crippen LogP contribution in [0.4, 0.5) is 24.5 Å². The van der Waals surface area contributed by atoms with E-state index < -0.39 is 28.0 Å². The minimum absolute atomic E-state index is 0.161. The largest absolute Gasteiger partial charge is 0.433 e. The maximum atomic E-state index is 12.6. The fourth-order valence-electron chi connectivity index (χ4n) is 1.61. The Kier molecular flexibility index (Phi) is 4.53. The molecule has 0 amide bonds. The van der Waals surface area contributed by atoms with Gasteiger partial charge in [-0.3, -0.25) is 10.1 Å². The molecule has 6 nitrogen and oxygen atoms in total. The Morgan fingerprint density at radius 3 is 2.50 bits per heavy atom. The number of hydrogen-bond donors (Lipinski definition) is 1. The van der Waals surface area contributed by atoms with Crippen molar-refractivity contribution in [3.63, 3.8) is 0 Å². The molecule has 0 saturated heterocycles. The van der Waals surface area contributed by atoms with Gasteiger partial charge in [0.05, 0.1) is 17.1 Å². The highest BCUT2D eigenvalue weighted by Gasteiger charge is 2.35. The van der Waals surface area contributed by atoms with Crippen molar-refractivity contribution in [3.8, 4) is 0 Å². The van der Waals surface area contributed by atoms with Gasteiger partial charge in [-0.25, -0.2) is 4.98 Å². The van der Waals surface area contributed by atoms with Crippen molar-refractivity contribution in [2.45, 2.75) is 25.6 Å². The Labute approximate surface area is 113 Å². The first-order valence-corrected chi connectivity index (χ1v) is 5.55. The summed E-state index contributed by atoms with van der Waals surface area (Å²) in [6.07, 6.45) is -4.08. The van der Waals surface area contributed by atoms with E-state index in [0.717, 1.165) is 0 Å². The van der Waals surface area contributed by atoms with Crippen LogP contribution in [0, 0.1) is 10.1 Å². The van der Waals surface area contributed by atoms with Crippen molar-refractivity contribution >= 4 is 11.4 Å². The van der Waals surface area contributed by atoms with E-state index in [1.165, 1.54) is 7.11 Å². The molecule has 0 radical (unpaired) electrons. The first-order chi connectivity index (χ1) is 9.07. The predicted molar refractivity (Wildman–Crippen MR) is 65.5 cm³/mol. The van der Waals surface area contributed by atoms with Crippen LogP contribution in [0.15, 0.2) is 12.3 Å². The van der Waals surface area contributed by atoms with E-state index in [2.05, 4.69) is 10.3 Å². The zero-order valence-corrected chi connectivity index (χ0v) is 11.1. The normalized spacial score (nSPS) is 12.3. The van der Waals surface area contributed by atoms with Gasteiger partial charge in [-0.05, 0) is 19.9 Å². The smallest absolute Gasteiger partial charge is 0.382 e. The van der Waals surface area contributed by atoms with Gasteiger partial charge in [-0.1, -0.05) is 0 Å². The fourth-order valence-corrected chi connectivity index (χ4v) is 1.61. The second-order valence-corrected chi connectivity index (χ2v) is 4.78. The Balaban J connectivity index is 3.23. The number of anilines is 1. The fraction of sp³-hybridized carbons (Fsp3) is 0.545. The first-order valence-electron chi connectivity index (χ1n) is 5.55. The van der Waals surface area contributed by atoms with Gasteiger partial charge in [0, 0.05) is 7.11 Å². The summed E-state index contributed by atoms with van der Waals surface area (Å²) in [5, 5.41) is 13.5.